The van der Waals surface area contributed by atoms with E-state index < -0.39 is 18.8 Å². The van der Waals surface area contributed by atoms with Crippen molar-refractivity contribution in [3.63, 3.8) is 0 Å². The topological polar surface area (TPSA) is 63.1 Å². The second-order valence-electron chi connectivity index (χ2n) is 4.59. The molecule has 0 aromatic carbocycles. The Morgan fingerprint density at radius 3 is 2.73 bits per heavy atom. The quantitative estimate of drug-likeness (QED) is 0.943. The molecule has 0 aliphatic heterocycles. The molecule has 0 spiro atoms. The van der Waals surface area contributed by atoms with Gasteiger partial charge in [-0.05, 0) is 12.1 Å². The first-order valence-corrected chi connectivity index (χ1v) is 6.35. The van der Waals surface area contributed by atoms with Crippen molar-refractivity contribution in [2.45, 2.75) is 19.3 Å². The summed E-state index contributed by atoms with van der Waals surface area (Å²) in [5, 5.41) is 2.54. The van der Waals surface area contributed by atoms with Crippen molar-refractivity contribution in [1.82, 2.24) is 19.4 Å². The minimum Gasteiger partial charge on any atom is -0.324 e. The molecule has 0 radical (unpaired) electrons. The van der Waals surface area contributed by atoms with Gasteiger partial charge in [-0.3, -0.25) is 5.32 Å². The van der Waals surface area contributed by atoms with Gasteiger partial charge in [0.25, 0.3) is 0 Å². The maximum Gasteiger partial charge on any atom is 0.406 e. The van der Waals surface area contributed by atoms with E-state index in [9.17, 15) is 18.0 Å². The summed E-state index contributed by atoms with van der Waals surface area (Å²) in [6.07, 6.45) is -0.325. The van der Waals surface area contributed by atoms with E-state index in [1.165, 1.54) is 30.5 Å². The van der Waals surface area contributed by atoms with Crippen LogP contribution in [-0.4, -0.2) is 38.7 Å². The summed E-state index contributed by atoms with van der Waals surface area (Å²) >= 11 is 0. The molecular formula is C13H14F3N5O. The van der Waals surface area contributed by atoms with Gasteiger partial charge in [-0.15, -0.1) is 0 Å². The fourth-order valence-electron chi connectivity index (χ4n) is 1.75. The largest absolute Gasteiger partial charge is 0.406 e. The third kappa shape index (κ3) is 4.47. The smallest absolute Gasteiger partial charge is 0.324 e. The zero-order valence-electron chi connectivity index (χ0n) is 11.7. The lowest BCUT2D eigenvalue weighted by molar-refractivity contribution is -0.141. The molecule has 2 rings (SSSR count). The number of carbonyl (C=O) groups is 1. The summed E-state index contributed by atoms with van der Waals surface area (Å²) in [5.74, 6) is 0.508. The molecule has 0 bridgehead atoms. The molecule has 0 saturated carbocycles. The van der Waals surface area contributed by atoms with Crippen molar-refractivity contribution in [2.75, 3.05) is 12.4 Å². The van der Waals surface area contributed by atoms with Gasteiger partial charge in [0.2, 0.25) is 0 Å². The van der Waals surface area contributed by atoms with E-state index in [0.717, 1.165) is 4.57 Å². The first-order valence-electron chi connectivity index (χ1n) is 6.35. The van der Waals surface area contributed by atoms with E-state index in [4.69, 9.17) is 0 Å². The van der Waals surface area contributed by atoms with Crippen molar-refractivity contribution in [3.8, 4) is 0 Å². The van der Waals surface area contributed by atoms with Crippen molar-refractivity contribution >= 4 is 11.8 Å². The fourth-order valence-corrected chi connectivity index (χ4v) is 1.75. The molecule has 0 fully saturated rings. The Hall–Kier alpha value is -2.58. The lowest BCUT2D eigenvalue weighted by atomic mass is 10.4. The average molecular weight is 313 g/mol. The van der Waals surface area contributed by atoms with Crippen molar-refractivity contribution < 1.29 is 18.0 Å². The summed E-state index contributed by atoms with van der Waals surface area (Å²) in [6, 6.07) is 4.53. The van der Waals surface area contributed by atoms with Crippen molar-refractivity contribution in [3.05, 3.63) is 42.6 Å². The molecule has 6 nitrogen and oxygen atoms in total. The molecule has 118 valence electrons. The molecule has 22 heavy (non-hydrogen) atoms. The third-order valence-corrected chi connectivity index (χ3v) is 2.78. The minimum absolute atomic E-state index is 0.0538. The van der Waals surface area contributed by atoms with Crippen LogP contribution in [0.1, 0.15) is 5.82 Å². The van der Waals surface area contributed by atoms with Crippen LogP contribution in [0.4, 0.5) is 23.8 Å². The number of pyridine rings is 1. The first kappa shape index (κ1) is 15.8. The molecule has 9 heteroatoms. The molecule has 2 aromatic rings. The van der Waals surface area contributed by atoms with Crippen LogP contribution in [0.3, 0.4) is 0 Å². The summed E-state index contributed by atoms with van der Waals surface area (Å²) in [6.45, 7) is -1.19. The number of hydrogen-bond acceptors (Lipinski definition) is 3. The van der Waals surface area contributed by atoms with Gasteiger partial charge in [0.1, 0.15) is 18.2 Å². The second-order valence-corrected chi connectivity index (χ2v) is 4.59. The van der Waals surface area contributed by atoms with Crippen molar-refractivity contribution in [1.29, 1.82) is 0 Å². The molecule has 0 aliphatic rings. The number of halogens is 3. The lowest BCUT2D eigenvalue weighted by Crippen LogP contribution is -2.32. The molecule has 1 N–H and O–H groups in total. The number of rotatable bonds is 4. The Bertz CT molecular complexity index is 626. The van der Waals surface area contributed by atoms with Gasteiger partial charge in [0.05, 0.1) is 6.54 Å². The number of imidazole rings is 1. The average Bonchev–Trinajstić information content (AvgIpc) is 2.85. The van der Waals surface area contributed by atoms with E-state index >= 15 is 0 Å². The van der Waals surface area contributed by atoms with Gasteiger partial charge in [-0.25, -0.2) is 14.8 Å². The molecule has 2 heterocycles. The van der Waals surface area contributed by atoms with Gasteiger partial charge < -0.3 is 9.47 Å². The van der Waals surface area contributed by atoms with E-state index in [-0.39, 0.29) is 12.4 Å². The van der Waals surface area contributed by atoms with Crippen molar-refractivity contribution in [2.24, 2.45) is 0 Å². The number of carbonyl (C=O) groups excluding carboxylic acids is 1. The van der Waals surface area contributed by atoms with Crippen LogP contribution in [-0.2, 0) is 13.1 Å². The zero-order valence-corrected chi connectivity index (χ0v) is 11.7. The van der Waals surface area contributed by atoms with Crippen LogP contribution in [0.5, 0.6) is 0 Å². The standard InChI is InChI=1S/C13H14F3N5O/c1-20(12(22)19-10-4-2-3-5-17-10)8-11-18-6-7-21(11)9-13(14,15)16/h2-7H,8-9H2,1H3,(H,17,19,22). The minimum atomic E-state index is -4.34. The number of nitrogens with one attached hydrogen (secondary N) is 1. The number of nitrogens with zero attached hydrogens (tertiary/aromatic N) is 4. The third-order valence-electron chi connectivity index (χ3n) is 2.78. The first-order chi connectivity index (χ1) is 10.3. The van der Waals surface area contributed by atoms with Crippen LogP contribution in [0.2, 0.25) is 0 Å². The Kier molecular flexibility index (Phi) is 4.64. The second kappa shape index (κ2) is 6.46. The zero-order chi connectivity index (χ0) is 16.2. The SMILES string of the molecule is CN(Cc1nccn1CC(F)(F)F)C(=O)Nc1ccccn1. The van der Waals surface area contributed by atoms with Crippen LogP contribution < -0.4 is 5.32 Å². The van der Waals surface area contributed by atoms with Gasteiger partial charge in [-0.1, -0.05) is 6.07 Å². The van der Waals surface area contributed by atoms with Crippen LogP contribution in [0.15, 0.2) is 36.8 Å². The van der Waals surface area contributed by atoms with Gasteiger partial charge >= 0.3 is 12.2 Å². The maximum absolute atomic E-state index is 12.4. The Labute approximate surface area is 124 Å². The van der Waals surface area contributed by atoms with Gasteiger partial charge in [0, 0.05) is 25.6 Å². The number of urea groups is 1. The summed E-state index contributed by atoms with van der Waals surface area (Å²) in [4.78, 5) is 21.0. The Morgan fingerprint density at radius 1 is 1.32 bits per heavy atom. The van der Waals surface area contributed by atoms with E-state index in [0.29, 0.717) is 5.82 Å². The molecule has 0 aliphatic carbocycles. The normalized spacial score (nSPS) is 11.3. The van der Waals surface area contributed by atoms with Gasteiger partial charge in [0.15, 0.2) is 0 Å². The summed E-state index contributed by atoms with van der Waals surface area (Å²) < 4.78 is 38.3. The van der Waals surface area contributed by atoms with Crippen LogP contribution in [0.25, 0.3) is 0 Å². The number of amides is 2. The molecule has 2 amide bonds. The van der Waals surface area contributed by atoms with E-state index in [1.54, 1.807) is 18.2 Å². The molecular weight excluding hydrogens is 299 g/mol. The summed E-state index contributed by atoms with van der Waals surface area (Å²) in [5.41, 5.74) is 0. The predicted molar refractivity (Wildman–Crippen MR) is 73.0 cm³/mol. The molecule has 0 atom stereocenters. The monoisotopic (exact) mass is 313 g/mol. The van der Waals surface area contributed by atoms with Gasteiger partial charge in [-0.2, -0.15) is 13.2 Å². The highest BCUT2D eigenvalue weighted by atomic mass is 19.4. The van der Waals surface area contributed by atoms with Crippen LogP contribution in [0, 0.1) is 0 Å². The Morgan fingerprint density at radius 2 is 2.09 bits per heavy atom. The highest BCUT2D eigenvalue weighted by molar-refractivity contribution is 5.87. The summed E-state index contributed by atoms with van der Waals surface area (Å²) in [7, 11) is 1.46. The molecule has 0 saturated heterocycles. The highest BCUT2D eigenvalue weighted by Gasteiger charge is 2.29. The fraction of sp³-hybridized carbons (Fsp3) is 0.308. The number of hydrogen-bond donors (Lipinski definition) is 1. The van der Waals surface area contributed by atoms with E-state index in [2.05, 4.69) is 15.3 Å². The van der Waals surface area contributed by atoms with E-state index in [1.807, 2.05) is 0 Å². The lowest BCUT2D eigenvalue weighted by Gasteiger charge is -2.18. The molecule has 0 unspecified atom stereocenters. The number of anilines is 1. The van der Waals surface area contributed by atoms with Crippen LogP contribution >= 0.6 is 0 Å². The maximum atomic E-state index is 12.4. The number of aromatic nitrogens is 3. The number of alkyl halides is 3. The molecule has 2 aromatic heterocycles. The Balaban J connectivity index is 1.98. The highest BCUT2D eigenvalue weighted by Crippen LogP contribution is 2.18. The predicted octanol–water partition coefficient (Wildman–Crippen LogP) is 2.50.